The van der Waals surface area contributed by atoms with Gasteiger partial charge in [-0.2, -0.15) is 0 Å². The van der Waals surface area contributed by atoms with Crippen LogP contribution in [0.5, 0.6) is 0 Å². The first-order chi connectivity index (χ1) is 5.91. The van der Waals surface area contributed by atoms with E-state index in [0.717, 1.165) is 0 Å². The number of carbonyl (C=O) groups excluding carboxylic acids is 1. The molecule has 7 heteroatoms. The van der Waals surface area contributed by atoms with Gasteiger partial charge in [0.25, 0.3) is 0 Å². The van der Waals surface area contributed by atoms with Gasteiger partial charge in [-0.25, -0.2) is 0 Å². The van der Waals surface area contributed by atoms with Crippen molar-refractivity contribution in [2.75, 3.05) is 6.61 Å². The van der Waals surface area contributed by atoms with E-state index in [1.807, 2.05) is 0 Å². The SMILES string of the molecule is NC(=O)[C@H](N)[C@@H](O)[C@@H](O)[C@H](O)CO. The zero-order valence-electron chi connectivity index (χ0n) is 6.87. The van der Waals surface area contributed by atoms with E-state index in [9.17, 15) is 4.79 Å². The number of amides is 1. The van der Waals surface area contributed by atoms with Crippen LogP contribution < -0.4 is 11.5 Å². The summed E-state index contributed by atoms with van der Waals surface area (Å²) in [5.41, 5.74) is 9.81. The summed E-state index contributed by atoms with van der Waals surface area (Å²) in [5, 5.41) is 35.4. The molecule has 13 heavy (non-hydrogen) atoms. The topological polar surface area (TPSA) is 150 Å². The van der Waals surface area contributed by atoms with Gasteiger partial charge in [0.1, 0.15) is 24.4 Å². The molecule has 0 radical (unpaired) electrons. The summed E-state index contributed by atoms with van der Waals surface area (Å²) in [5.74, 6) is -1.00. The Kier molecular flexibility index (Phi) is 4.81. The number of rotatable bonds is 5. The van der Waals surface area contributed by atoms with Gasteiger partial charge in [-0.05, 0) is 0 Å². The second-order valence-corrected chi connectivity index (χ2v) is 2.66. The molecule has 0 aromatic rings. The van der Waals surface area contributed by atoms with Crippen LogP contribution >= 0.6 is 0 Å². The van der Waals surface area contributed by atoms with Crippen LogP contribution in [0.1, 0.15) is 0 Å². The Balaban J connectivity index is 4.24. The minimum atomic E-state index is -1.70. The second-order valence-electron chi connectivity index (χ2n) is 2.66. The standard InChI is InChI=1S/C6H14N2O5/c7-3(6(8)13)5(12)4(11)2(10)1-9/h2-5,9-12H,1,7H2,(H2,8,13)/t2-,3-,4+,5-/m1/s1. The first kappa shape index (κ1) is 12.3. The number of hydrogen-bond donors (Lipinski definition) is 6. The van der Waals surface area contributed by atoms with Crippen LogP contribution in [0.15, 0.2) is 0 Å². The summed E-state index contributed by atoms with van der Waals surface area (Å²) in [4.78, 5) is 10.4. The van der Waals surface area contributed by atoms with Gasteiger partial charge in [-0.3, -0.25) is 4.79 Å². The largest absolute Gasteiger partial charge is 0.394 e. The van der Waals surface area contributed by atoms with E-state index in [1.54, 1.807) is 0 Å². The molecule has 4 atom stereocenters. The van der Waals surface area contributed by atoms with Gasteiger partial charge in [0, 0.05) is 0 Å². The molecule has 0 rings (SSSR count). The predicted molar refractivity (Wildman–Crippen MR) is 42.3 cm³/mol. The fraction of sp³-hybridized carbons (Fsp3) is 0.833. The predicted octanol–water partition coefficient (Wildman–Crippen LogP) is -4.13. The molecule has 0 aromatic carbocycles. The van der Waals surface area contributed by atoms with Crippen molar-refractivity contribution in [2.45, 2.75) is 24.4 Å². The molecule has 0 heterocycles. The molecule has 0 saturated carbocycles. The fourth-order valence-corrected chi connectivity index (χ4v) is 0.716. The van der Waals surface area contributed by atoms with Crippen LogP contribution in [-0.4, -0.2) is 57.3 Å². The summed E-state index contributed by atoms with van der Waals surface area (Å²) in [6.07, 6.45) is -4.95. The van der Waals surface area contributed by atoms with E-state index in [0.29, 0.717) is 0 Å². The van der Waals surface area contributed by atoms with Crippen molar-refractivity contribution < 1.29 is 25.2 Å². The van der Waals surface area contributed by atoms with Crippen LogP contribution in [0.25, 0.3) is 0 Å². The van der Waals surface area contributed by atoms with Gasteiger partial charge >= 0.3 is 0 Å². The van der Waals surface area contributed by atoms with Gasteiger partial charge in [0.15, 0.2) is 0 Å². The number of primary amides is 1. The van der Waals surface area contributed by atoms with Gasteiger partial charge in [0.2, 0.25) is 5.91 Å². The maximum atomic E-state index is 10.4. The lowest BCUT2D eigenvalue weighted by Crippen LogP contribution is -2.54. The third kappa shape index (κ3) is 3.25. The van der Waals surface area contributed by atoms with Crippen LogP contribution in [0.3, 0.4) is 0 Å². The number of aliphatic hydroxyl groups is 4. The molecule has 0 spiro atoms. The molecule has 7 nitrogen and oxygen atoms in total. The Morgan fingerprint density at radius 1 is 1.23 bits per heavy atom. The van der Waals surface area contributed by atoms with Crippen molar-refractivity contribution in [3.8, 4) is 0 Å². The maximum Gasteiger partial charge on any atom is 0.237 e. The summed E-state index contributed by atoms with van der Waals surface area (Å²) in [6.45, 7) is -0.746. The van der Waals surface area contributed by atoms with E-state index in [1.165, 1.54) is 0 Å². The monoisotopic (exact) mass is 194 g/mol. The van der Waals surface area contributed by atoms with E-state index in [2.05, 4.69) is 0 Å². The zero-order chi connectivity index (χ0) is 10.6. The smallest absolute Gasteiger partial charge is 0.237 e. The molecule has 0 aliphatic rings. The summed E-state index contributed by atoms with van der Waals surface area (Å²) >= 11 is 0. The Labute approximate surface area is 74.6 Å². The second kappa shape index (κ2) is 5.10. The Hall–Kier alpha value is -0.730. The highest BCUT2D eigenvalue weighted by molar-refractivity contribution is 5.80. The molecule has 0 bridgehead atoms. The molecular weight excluding hydrogens is 180 g/mol. The Morgan fingerprint density at radius 2 is 1.69 bits per heavy atom. The van der Waals surface area contributed by atoms with Crippen molar-refractivity contribution in [1.29, 1.82) is 0 Å². The van der Waals surface area contributed by atoms with Crippen molar-refractivity contribution in [2.24, 2.45) is 11.5 Å². The lowest BCUT2D eigenvalue weighted by molar-refractivity contribution is -0.128. The van der Waals surface area contributed by atoms with Gasteiger partial charge in [-0.15, -0.1) is 0 Å². The van der Waals surface area contributed by atoms with Crippen molar-refractivity contribution >= 4 is 5.91 Å². The van der Waals surface area contributed by atoms with E-state index in [-0.39, 0.29) is 0 Å². The summed E-state index contributed by atoms with van der Waals surface area (Å²) < 4.78 is 0. The van der Waals surface area contributed by atoms with E-state index < -0.39 is 36.9 Å². The quantitative estimate of drug-likeness (QED) is 0.261. The highest BCUT2D eigenvalue weighted by Gasteiger charge is 2.31. The molecule has 1 amide bonds. The van der Waals surface area contributed by atoms with Crippen LogP contribution in [-0.2, 0) is 4.79 Å². The molecular formula is C6H14N2O5. The molecule has 78 valence electrons. The average molecular weight is 194 g/mol. The third-order valence-corrected chi connectivity index (χ3v) is 1.63. The molecule has 0 saturated heterocycles. The average Bonchev–Trinajstić information content (AvgIpc) is 2.12. The lowest BCUT2D eigenvalue weighted by Gasteiger charge is -2.24. The molecule has 0 aromatic heterocycles. The number of hydrogen-bond acceptors (Lipinski definition) is 6. The van der Waals surface area contributed by atoms with Gasteiger partial charge in [-0.1, -0.05) is 0 Å². The molecule has 0 fully saturated rings. The van der Waals surface area contributed by atoms with Gasteiger partial charge in [0.05, 0.1) is 6.61 Å². The summed E-state index contributed by atoms with van der Waals surface area (Å²) in [6, 6.07) is -1.48. The van der Waals surface area contributed by atoms with E-state index >= 15 is 0 Å². The minimum absolute atomic E-state index is 0.746. The van der Waals surface area contributed by atoms with Crippen LogP contribution in [0.2, 0.25) is 0 Å². The zero-order valence-corrected chi connectivity index (χ0v) is 6.87. The van der Waals surface area contributed by atoms with Gasteiger partial charge < -0.3 is 31.9 Å². The Morgan fingerprint density at radius 3 is 2.00 bits per heavy atom. The highest BCUT2D eigenvalue weighted by Crippen LogP contribution is 2.02. The minimum Gasteiger partial charge on any atom is -0.394 e. The van der Waals surface area contributed by atoms with E-state index in [4.69, 9.17) is 31.9 Å². The van der Waals surface area contributed by atoms with Crippen LogP contribution in [0.4, 0.5) is 0 Å². The number of nitrogens with two attached hydrogens (primary N) is 2. The lowest BCUT2D eigenvalue weighted by atomic mass is 10.0. The number of aliphatic hydroxyl groups excluding tert-OH is 4. The number of carbonyl (C=O) groups is 1. The summed E-state index contributed by atoms with van der Waals surface area (Å²) in [7, 11) is 0. The van der Waals surface area contributed by atoms with Crippen molar-refractivity contribution in [3.05, 3.63) is 0 Å². The molecule has 0 unspecified atom stereocenters. The molecule has 0 aliphatic carbocycles. The maximum absolute atomic E-state index is 10.4. The van der Waals surface area contributed by atoms with Crippen molar-refractivity contribution in [3.63, 3.8) is 0 Å². The molecule has 0 aliphatic heterocycles. The molecule has 8 N–H and O–H groups in total. The third-order valence-electron chi connectivity index (χ3n) is 1.63. The highest BCUT2D eigenvalue weighted by atomic mass is 16.4. The fourth-order valence-electron chi connectivity index (χ4n) is 0.716. The normalized spacial score (nSPS) is 20.4. The first-order valence-electron chi connectivity index (χ1n) is 3.61. The first-order valence-corrected chi connectivity index (χ1v) is 3.61. The van der Waals surface area contributed by atoms with Crippen LogP contribution in [0, 0.1) is 0 Å². The Bertz CT molecular complexity index is 176. The van der Waals surface area contributed by atoms with Crippen molar-refractivity contribution in [1.82, 2.24) is 0 Å².